The lowest BCUT2D eigenvalue weighted by Gasteiger charge is -2.35. The van der Waals surface area contributed by atoms with Crippen molar-refractivity contribution >= 4 is 28.6 Å². The Morgan fingerprint density at radius 3 is 2.68 bits per heavy atom. The van der Waals surface area contributed by atoms with Gasteiger partial charge in [0.25, 0.3) is 0 Å². The van der Waals surface area contributed by atoms with Gasteiger partial charge in [-0.3, -0.25) is 0 Å². The zero-order valence-corrected chi connectivity index (χ0v) is 12.3. The average molecular weight is 378 g/mol. The second-order valence-electron chi connectivity index (χ2n) is 4.33. The minimum atomic E-state index is -1.20. The number of ether oxygens (including phenoxy) is 2. The normalized spacial score (nSPS) is 30.9. The van der Waals surface area contributed by atoms with E-state index < -0.39 is 30.6 Å². The molecule has 5 nitrogen and oxygen atoms in total. The number of aliphatic hydroxyl groups is 2. The van der Waals surface area contributed by atoms with Crippen LogP contribution in [0.1, 0.15) is 16.8 Å². The Kier molecular flexibility index (Phi) is 5.14. The van der Waals surface area contributed by atoms with Gasteiger partial charge in [0.1, 0.15) is 0 Å². The topological polar surface area (TPSA) is 76.0 Å². The van der Waals surface area contributed by atoms with E-state index in [9.17, 15) is 15.0 Å². The summed E-state index contributed by atoms with van der Waals surface area (Å²) in [7, 11) is 0. The van der Waals surface area contributed by atoms with Crippen LogP contribution in [0.4, 0.5) is 0 Å². The molecule has 0 spiro atoms. The Bertz CT molecular complexity index is 424. The average Bonchev–Trinajstić information content (AvgIpc) is 2.43. The van der Waals surface area contributed by atoms with Crippen LogP contribution in [0.15, 0.2) is 30.3 Å². The Labute approximate surface area is 124 Å². The molecule has 1 aromatic rings. The van der Waals surface area contributed by atoms with Gasteiger partial charge in [-0.2, -0.15) is 0 Å². The van der Waals surface area contributed by atoms with E-state index >= 15 is 0 Å². The standard InChI is InChI=1S/C13H15IO5/c14-7-11-9(15)6-10(13(17)19-11)18-12(16)8-4-2-1-3-5-8/h1-5,9-11,13,15,17H,6-7H2/t9-,10-,11+,13-/m0/s1. The zero-order chi connectivity index (χ0) is 13.8. The zero-order valence-electron chi connectivity index (χ0n) is 10.1. The monoisotopic (exact) mass is 378 g/mol. The van der Waals surface area contributed by atoms with Crippen LogP contribution in [-0.4, -0.2) is 45.2 Å². The fourth-order valence-corrected chi connectivity index (χ4v) is 2.68. The number of carbonyl (C=O) groups is 1. The maximum Gasteiger partial charge on any atom is 0.338 e. The van der Waals surface area contributed by atoms with Gasteiger partial charge in [-0.1, -0.05) is 40.8 Å². The lowest BCUT2D eigenvalue weighted by Crippen LogP contribution is -2.49. The molecule has 1 fully saturated rings. The molecule has 1 aliphatic rings. The van der Waals surface area contributed by atoms with E-state index in [0.717, 1.165) is 0 Å². The maximum absolute atomic E-state index is 11.8. The quantitative estimate of drug-likeness (QED) is 0.469. The maximum atomic E-state index is 11.8. The molecule has 0 amide bonds. The van der Waals surface area contributed by atoms with E-state index in [1.807, 2.05) is 0 Å². The summed E-state index contributed by atoms with van der Waals surface area (Å²) in [5.74, 6) is -0.534. The van der Waals surface area contributed by atoms with Crippen LogP contribution in [0, 0.1) is 0 Å². The largest absolute Gasteiger partial charge is 0.453 e. The van der Waals surface area contributed by atoms with Crippen molar-refractivity contribution in [2.75, 3.05) is 4.43 Å². The fourth-order valence-electron chi connectivity index (χ4n) is 1.89. The number of esters is 1. The smallest absolute Gasteiger partial charge is 0.338 e. The summed E-state index contributed by atoms with van der Waals surface area (Å²) in [5, 5.41) is 19.6. The number of hydrogen-bond acceptors (Lipinski definition) is 5. The highest BCUT2D eigenvalue weighted by Crippen LogP contribution is 2.23. The van der Waals surface area contributed by atoms with Gasteiger partial charge in [0.2, 0.25) is 0 Å². The van der Waals surface area contributed by atoms with E-state index in [-0.39, 0.29) is 6.42 Å². The van der Waals surface area contributed by atoms with E-state index in [1.165, 1.54) is 0 Å². The second kappa shape index (κ2) is 6.65. The number of halogens is 1. The summed E-state index contributed by atoms with van der Waals surface area (Å²) in [4.78, 5) is 11.8. The van der Waals surface area contributed by atoms with E-state index in [1.54, 1.807) is 30.3 Å². The molecule has 0 bridgehead atoms. The predicted molar refractivity (Wildman–Crippen MR) is 76.0 cm³/mol. The van der Waals surface area contributed by atoms with Crippen LogP contribution in [0.5, 0.6) is 0 Å². The van der Waals surface area contributed by atoms with Crippen molar-refractivity contribution in [2.24, 2.45) is 0 Å². The summed E-state index contributed by atoms with van der Waals surface area (Å²) in [6.45, 7) is 0. The molecule has 0 radical (unpaired) electrons. The van der Waals surface area contributed by atoms with Crippen molar-refractivity contribution in [2.45, 2.75) is 31.0 Å². The molecule has 0 unspecified atom stereocenters. The minimum absolute atomic E-state index is 0.174. The molecule has 6 heteroatoms. The first-order valence-electron chi connectivity index (χ1n) is 5.95. The molecule has 1 saturated heterocycles. The first-order valence-corrected chi connectivity index (χ1v) is 7.48. The summed E-state index contributed by atoms with van der Waals surface area (Å²) >= 11 is 2.07. The first kappa shape index (κ1) is 14.7. The third kappa shape index (κ3) is 3.65. The number of hydrogen-bond donors (Lipinski definition) is 2. The first-order chi connectivity index (χ1) is 9.11. The summed E-state index contributed by atoms with van der Waals surface area (Å²) < 4.78 is 11.0. The molecule has 2 rings (SSSR count). The highest BCUT2D eigenvalue weighted by molar-refractivity contribution is 14.1. The lowest BCUT2D eigenvalue weighted by molar-refractivity contribution is -0.238. The third-order valence-corrected chi connectivity index (χ3v) is 3.82. The second-order valence-corrected chi connectivity index (χ2v) is 5.21. The molecule has 0 saturated carbocycles. The Hall–Kier alpha value is -0.700. The molecule has 104 valence electrons. The Balaban J connectivity index is 1.98. The van der Waals surface area contributed by atoms with Gasteiger partial charge < -0.3 is 19.7 Å². The van der Waals surface area contributed by atoms with Crippen LogP contribution in [0.2, 0.25) is 0 Å². The number of benzene rings is 1. The molecule has 2 N–H and O–H groups in total. The molecule has 1 aliphatic heterocycles. The van der Waals surface area contributed by atoms with Crippen molar-refractivity contribution in [3.63, 3.8) is 0 Å². The van der Waals surface area contributed by atoms with E-state index in [0.29, 0.717) is 9.99 Å². The van der Waals surface area contributed by atoms with E-state index in [2.05, 4.69) is 22.6 Å². The molecular formula is C13H15IO5. The summed E-state index contributed by atoms with van der Waals surface area (Å²) in [6.07, 6.45) is -3.04. The van der Waals surface area contributed by atoms with Crippen molar-refractivity contribution in [3.8, 4) is 0 Å². The van der Waals surface area contributed by atoms with Crippen molar-refractivity contribution in [1.82, 2.24) is 0 Å². The highest BCUT2D eigenvalue weighted by atomic mass is 127. The molecule has 1 aromatic carbocycles. The molecule has 1 heterocycles. The van der Waals surface area contributed by atoms with Gasteiger partial charge in [-0.05, 0) is 12.1 Å². The van der Waals surface area contributed by atoms with Gasteiger partial charge >= 0.3 is 5.97 Å². The van der Waals surface area contributed by atoms with Crippen LogP contribution in [0.3, 0.4) is 0 Å². The van der Waals surface area contributed by atoms with Gasteiger partial charge in [0.15, 0.2) is 12.4 Å². The Morgan fingerprint density at radius 1 is 1.37 bits per heavy atom. The summed E-state index contributed by atoms with van der Waals surface area (Å²) in [5.41, 5.74) is 0.403. The van der Waals surface area contributed by atoms with Crippen LogP contribution < -0.4 is 0 Å². The molecule has 4 atom stereocenters. The lowest BCUT2D eigenvalue weighted by atomic mass is 10.0. The highest BCUT2D eigenvalue weighted by Gasteiger charge is 2.38. The fraction of sp³-hybridized carbons (Fsp3) is 0.462. The van der Waals surface area contributed by atoms with E-state index in [4.69, 9.17) is 9.47 Å². The SMILES string of the molecule is O=C(O[C@H]1C[C@H](O)[C@@H](CI)O[C@@H]1O)c1ccccc1. The van der Waals surface area contributed by atoms with Crippen LogP contribution in [0.25, 0.3) is 0 Å². The van der Waals surface area contributed by atoms with Crippen molar-refractivity contribution in [1.29, 1.82) is 0 Å². The number of carbonyl (C=O) groups excluding carboxylic acids is 1. The molecular weight excluding hydrogens is 363 g/mol. The number of aliphatic hydroxyl groups excluding tert-OH is 2. The molecule has 0 aromatic heterocycles. The van der Waals surface area contributed by atoms with Crippen molar-refractivity contribution < 1.29 is 24.5 Å². The molecule has 0 aliphatic carbocycles. The van der Waals surface area contributed by atoms with Crippen LogP contribution in [-0.2, 0) is 9.47 Å². The van der Waals surface area contributed by atoms with Crippen LogP contribution >= 0.6 is 22.6 Å². The molecule has 19 heavy (non-hydrogen) atoms. The van der Waals surface area contributed by atoms with Crippen molar-refractivity contribution in [3.05, 3.63) is 35.9 Å². The van der Waals surface area contributed by atoms with Gasteiger partial charge in [-0.15, -0.1) is 0 Å². The summed E-state index contributed by atoms with van der Waals surface area (Å²) in [6, 6.07) is 8.51. The van der Waals surface area contributed by atoms with Gasteiger partial charge in [-0.25, -0.2) is 4.79 Å². The van der Waals surface area contributed by atoms with Gasteiger partial charge in [0, 0.05) is 10.8 Å². The predicted octanol–water partition coefficient (Wildman–Crippen LogP) is 1.12. The minimum Gasteiger partial charge on any atom is -0.453 e. The number of rotatable bonds is 3. The third-order valence-electron chi connectivity index (χ3n) is 2.96. The number of alkyl halides is 1. The Morgan fingerprint density at radius 2 is 2.05 bits per heavy atom. The van der Waals surface area contributed by atoms with Gasteiger partial charge in [0.05, 0.1) is 17.8 Å².